The lowest BCUT2D eigenvalue weighted by Gasteiger charge is -2.30. The van der Waals surface area contributed by atoms with E-state index in [1.54, 1.807) is 0 Å². The van der Waals surface area contributed by atoms with Crippen molar-refractivity contribution in [2.24, 2.45) is 0 Å². The molecule has 0 amide bonds. The molecule has 0 spiro atoms. The molecule has 0 aliphatic rings. The molecule has 0 rings (SSSR count). The van der Waals surface area contributed by atoms with Crippen molar-refractivity contribution in [2.45, 2.75) is 38.3 Å². The highest BCUT2D eigenvalue weighted by Crippen LogP contribution is 2.12. The molecule has 0 aliphatic carbocycles. The number of hydrogen-bond acceptors (Lipinski definition) is 8. The van der Waals surface area contributed by atoms with E-state index in [0.717, 1.165) is 13.8 Å². The monoisotopic (exact) mass is 266 g/mol. The molecule has 0 aliphatic heterocycles. The van der Waals surface area contributed by atoms with Crippen molar-refractivity contribution in [3.05, 3.63) is 0 Å². The molecule has 8 nitrogen and oxygen atoms in total. The molecule has 4 atom stereocenters. The van der Waals surface area contributed by atoms with Gasteiger partial charge in [0.05, 0.1) is 13.2 Å². The number of hydrogen-bond donors (Lipinski definition) is 4. The normalized spacial score (nSPS) is 17.4. The molecule has 18 heavy (non-hydrogen) atoms. The van der Waals surface area contributed by atoms with Gasteiger partial charge in [0.15, 0.2) is 12.2 Å². The van der Waals surface area contributed by atoms with Crippen molar-refractivity contribution in [1.29, 1.82) is 0 Å². The summed E-state index contributed by atoms with van der Waals surface area (Å²) in [5.41, 5.74) is 0. The first kappa shape index (κ1) is 16.8. The fraction of sp³-hybridized carbons (Fsp3) is 0.800. The van der Waals surface area contributed by atoms with Gasteiger partial charge in [-0.15, -0.1) is 0 Å². The minimum Gasteiger partial charge on any atom is -0.457 e. The molecule has 0 unspecified atom stereocenters. The minimum atomic E-state index is -1.66. The second-order valence-electron chi connectivity index (χ2n) is 3.65. The van der Waals surface area contributed by atoms with Crippen LogP contribution in [0.2, 0.25) is 0 Å². The molecule has 4 N–H and O–H groups in total. The summed E-state index contributed by atoms with van der Waals surface area (Å²) in [6, 6.07) is 0. The van der Waals surface area contributed by atoms with Crippen LogP contribution in [-0.2, 0) is 19.1 Å². The molecule has 0 heterocycles. The van der Waals surface area contributed by atoms with Gasteiger partial charge in [-0.3, -0.25) is 9.59 Å². The van der Waals surface area contributed by atoms with E-state index in [1.807, 2.05) is 0 Å². The van der Waals surface area contributed by atoms with Crippen molar-refractivity contribution in [1.82, 2.24) is 0 Å². The van der Waals surface area contributed by atoms with Gasteiger partial charge in [0, 0.05) is 13.8 Å². The Hall–Kier alpha value is -1.22. The summed E-state index contributed by atoms with van der Waals surface area (Å²) in [5.74, 6) is -1.56. The zero-order valence-corrected chi connectivity index (χ0v) is 10.1. The van der Waals surface area contributed by atoms with E-state index in [2.05, 4.69) is 9.47 Å². The van der Waals surface area contributed by atoms with Gasteiger partial charge in [-0.1, -0.05) is 0 Å². The van der Waals surface area contributed by atoms with Gasteiger partial charge in [-0.05, 0) is 0 Å². The molecular weight excluding hydrogens is 248 g/mol. The zero-order valence-electron chi connectivity index (χ0n) is 10.1. The fourth-order valence-corrected chi connectivity index (χ4v) is 1.31. The Morgan fingerprint density at radius 1 is 1.00 bits per heavy atom. The average molecular weight is 266 g/mol. The summed E-state index contributed by atoms with van der Waals surface area (Å²) >= 11 is 0. The molecule has 0 aromatic carbocycles. The summed E-state index contributed by atoms with van der Waals surface area (Å²) in [5, 5.41) is 36.9. The van der Waals surface area contributed by atoms with E-state index < -0.39 is 49.6 Å². The number of carbonyl (C=O) groups excluding carboxylic acids is 2. The SMILES string of the molecule is CC(=O)O[C@H]([C@@H](O)[C@@H](CO)OC(C)=O)[C@@H](O)CO. The number of aliphatic hydroxyl groups excluding tert-OH is 4. The topological polar surface area (TPSA) is 134 Å². The van der Waals surface area contributed by atoms with Gasteiger partial charge in [-0.2, -0.15) is 0 Å². The first-order chi connectivity index (χ1) is 8.33. The first-order valence-electron chi connectivity index (χ1n) is 5.25. The highest BCUT2D eigenvalue weighted by Gasteiger charge is 2.36. The highest BCUT2D eigenvalue weighted by atomic mass is 16.6. The third kappa shape index (κ3) is 5.41. The van der Waals surface area contributed by atoms with Crippen molar-refractivity contribution >= 4 is 11.9 Å². The van der Waals surface area contributed by atoms with E-state index in [1.165, 1.54) is 0 Å². The van der Waals surface area contributed by atoms with Gasteiger partial charge in [0.25, 0.3) is 0 Å². The zero-order chi connectivity index (χ0) is 14.3. The standard InChI is InChI=1S/C10H18O8/c1-5(13)17-8(4-12)9(16)10(7(15)3-11)18-6(2)14/h7-12,15-16H,3-4H2,1-2H3/t7-,8+,9-,10-/m0/s1. The fourth-order valence-electron chi connectivity index (χ4n) is 1.31. The summed E-state index contributed by atoms with van der Waals surface area (Å²) in [6.07, 6.45) is -6.10. The Labute approximate surface area is 104 Å². The number of aliphatic hydroxyl groups is 4. The van der Waals surface area contributed by atoms with Gasteiger partial charge >= 0.3 is 11.9 Å². The number of ether oxygens (including phenoxy) is 2. The van der Waals surface area contributed by atoms with Crippen LogP contribution in [0.25, 0.3) is 0 Å². The summed E-state index contributed by atoms with van der Waals surface area (Å²) in [7, 11) is 0. The van der Waals surface area contributed by atoms with E-state index in [4.69, 9.17) is 10.2 Å². The van der Waals surface area contributed by atoms with Gasteiger partial charge < -0.3 is 29.9 Å². The molecule has 106 valence electrons. The van der Waals surface area contributed by atoms with Crippen LogP contribution in [0.4, 0.5) is 0 Å². The smallest absolute Gasteiger partial charge is 0.303 e. The summed E-state index contributed by atoms with van der Waals surface area (Å²) < 4.78 is 9.22. The van der Waals surface area contributed by atoms with Crippen molar-refractivity contribution in [3.8, 4) is 0 Å². The van der Waals surface area contributed by atoms with Crippen LogP contribution < -0.4 is 0 Å². The van der Waals surface area contributed by atoms with Crippen LogP contribution in [-0.4, -0.2) is 70.0 Å². The quantitative estimate of drug-likeness (QED) is 0.373. The van der Waals surface area contributed by atoms with Gasteiger partial charge in [-0.25, -0.2) is 0 Å². The minimum absolute atomic E-state index is 0.726. The maximum absolute atomic E-state index is 10.8. The Balaban J connectivity index is 4.83. The van der Waals surface area contributed by atoms with Crippen LogP contribution in [0, 0.1) is 0 Å². The van der Waals surface area contributed by atoms with Crippen LogP contribution in [0.1, 0.15) is 13.8 Å². The maximum Gasteiger partial charge on any atom is 0.303 e. The van der Waals surface area contributed by atoms with Crippen molar-refractivity contribution in [3.63, 3.8) is 0 Å². The maximum atomic E-state index is 10.8. The second kappa shape index (κ2) is 7.98. The lowest BCUT2D eigenvalue weighted by molar-refractivity contribution is -0.184. The molecule has 0 aromatic rings. The lowest BCUT2D eigenvalue weighted by Crippen LogP contribution is -2.50. The van der Waals surface area contributed by atoms with E-state index in [9.17, 15) is 19.8 Å². The molecule has 8 heteroatoms. The number of rotatable bonds is 7. The third-order valence-corrected chi connectivity index (χ3v) is 2.08. The van der Waals surface area contributed by atoms with Gasteiger partial charge in [0.2, 0.25) is 0 Å². The molecule has 0 aromatic heterocycles. The van der Waals surface area contributed by atoms with Crippen molar-refractivity contribution in [2.75, 3.05) is 13.2 Å². The summed E-state index contributed by atoms with van der Waals surface area (Å²) in [6.45, 7) is 0.617. The predicted octanol–water partition coefficient (Wildman–Crippen LogP) is -2.44. The number of carbonyl (C=O) groups is 2. The number of esters is 2. The summed E-state index contributed by atoms with van der Waals surface area (Å²) in [4.78, 5) is 21.6. The Morgan fingerprint density at radius 2 is 1.50 bits per heavy atom. The van der Waals surface area contributed by atoms with E-state index >= 15 is 0 Å². The van der Waals surface area contributed by atoms with Gasteiger partial charge in [0.1, 0.15) is 12.2 Å². The Kier molecular flexibility index (Phi) is 7.44. The molecule has 0 saturated heterocycles. The Bertz CT molecular complexity index is 279. The highest BCUT2D eigenvalue weighted by molar-refractivity contribution is 5.67. The largest absolute Gasteiger partial charge is 0.457 e. The molecule has 0 bridgehead atoms. The van der Waals surface area contributed by atoms with Crippen LogP contribution >= 0.6 is 0 Å². The van der Waals surface area contributed by atoms with Crippen molar-refractivity contribution < 1.29 is 39.5 Å². The molecule has 0 radical (unpaired) electrons. The van der Waals surface area contributed by atoms with E-state index in [0.29, 0.717) is 0 Å². The first-order valence-corrected chi connectivity index (χ1v) is 5.25. The van der Waals surface area contributed by atoms with Crippen LogP contribution in [0.3, 0.4) is 0 Å². The van der Waals surface area contributed by atoms with Crippen LogP contribution in [0.15, 0.2) is 0 Å². The average Bonchev–Trinajstić information content (AvgIpc) is 2.30. The molecule has 0 fully saturated rings. The van der Waals surface area contributed by atoms with Crippen LogP contribution in [0.5, 0.6) is 0 Å². The Morgan fingerprint density at radius 3 is 1.83 bits per heavy atom. The molecule has 0 saturated carbocycles. The third-order valence-electron chi connectivity index (χ3n) is 2.08. The van der Waals surface area contributed by atoms with E-state index in [-0.39, 0.29) is 0 Å². The second-order valence-corrected chi connectivity index (χ2v) is 3.65. The molecular formula is C10H18O8. The lowest BCUT2D eigenvalue weighted by atomic mass is 10.0. The predicted molar refractivity (Wildman–Crippen MR) is 57.3 cm³/mol.